The van der Waals surface area contributed by atoms with Gasteiger partial charge in [-0.1, -0.05) is 12.1 Å². The second-order valence-electron chi connectivity index (χ2n) is 4.81. The molecule has 0 saturated carbocycles. The van der Waals surface area contributed by atoms with Gasteiger partial charge in [0.1, 0.15) is 5.82 Å². The number of benzene rings is 1. The van der Waals surface area contributed by atoms with Gasteiger partial charge in [-0.15, -0.1) is 0 Å². The normalized spacial score (nSPS) is 10.5. The number of primary amides is 1. The third-order valence-corrected chi connectivity index (χ3v) is 3.33. The monoisotopic (exact) mass is 272 g/mol. The molecule has 0 bridgehead atoms. The van der Waals surface area contributed by atoms with Crippen LogP contribution < -0.4 is 11.1 Å². The van der Waals surface area contributed by atoms with Crippen LogP contribution in [-0.2, 0) is 6.54 Å². The fourth-order valence-electron chi connectivity index (χ4n) is 2.25. The van der Waals surface area contributed by atoms with Crippen molar-refractivity contribution in [2.24, 2.45) is 5.73 Å². The van der Waals surface area contributed by atoms with E-state index in [-0.39, 0.29) is 0 Å². The number of aromatic nitrogens is 2. The zero-order valence-corrected chi connectivity index (χ0v) is 11.9. The maximum absolute atomic E-state index is 11.5. The lowest BCUT2D eigenvalue weighted by Gasteiger charge is -2.12. The Morgan fingerprint density at radius 3 is 2.85 bits per heavy atom. The van der Waals surface area contributed by atoms with Crippen LogP contribution in [-0.4, -0.2) is 22.0 Å². The summed E-state index contributed by atoms with van der Waals surface area (Å²) in [4.78, 5) is 15.7. The molecule has 106 valence electrons. The van der Waals surface area contributed by atoms with Gasteiger partial charge < -0.3 is 15.6 Å². The van der Waals surface area contributed by atoms with Crippen LogP contribution in [0.25, 0.3) is 0 Å². The fraction of sp³-hybridized carbons (Fsp3) is 0.333. The number of anilines is 1. The van der Waals surface area contributed by atoms with E-state index in [0.717, 1.165) is 36.6 Å². The first-order valence-electron chi connectivity index (χ1n) is 6.70. The molecule has 0 aliphatic rings. The molecule has 1 amide bonds. The van der Waals surface area contributed by atoms with Crippen LogP contribution in [0.15, 0.2) is 30.6 Å². The lowest BCUT2D eigenvalue weighted by Crippen LogP contribution is -2.17. The van der Waals surface area contributed by atoms with Crippen LogP contribution in [0.5, 0.6) is 0 Å². The molecule has 2 aromatic rings. The van der Waals surface area contributed by atoms with E-state index in [0.29, 0.717) is 5.56 Å². The van der Waals surface area contributed by atoms with Crippen LogP contribution in [0.1, 0.15) is 28.2 Å². The quantitative estimate of drug-likeness (QED) is 0.791. The third-order valence-electron chi connectivity index (χ3n) is 3.33. The molecule has 0 radical (unpaired) electrons. The Morgan fingerprint density at radius 1 is 1.40 bits per heavy atom. The third kappa shape index (κ3) is 3.17. The molecule has 0 aliphatic carbocycles. The van der Waals surface area contributed by atoms with Gasteiger partial charge in [-0.3, -0.25) is 4.79 Å². The molecule has 2 rings (SSSR count). The second kappa shape index (κ2) is 6.23. The maximum Gasteiger partial charge on any atom is 0.251 e. The highest BCUT2D eigenvalue weighted by atomic mass is 16.1. The van der Waals surface area contributed by atoms with Gasteiger partial charge in [0.2, 0.25) is 0 Å². The fourth-order valence-corrected chi connectivity index (χ4v) is 2.25. The van der Waals surface area contributed by atoms with Crippen molar-refractivity contribution in [2.45, 2.75) is 26.8 Å². The highest BCUT2D eigenvalue weighted by Crippen LogP contribution is 2.18. The summed E-state index contributed by atoms with van der Waals surface area (Å²) in [6.07, 6.45) is 4.72. The van der Waals surface area contributed by atoms with Crippen molar-refractivity contribution in [1.29, 1.82) is 0 Å². The number of carbonyl (C=O) groups excluding carboxylic acids is 1. The zero-order chi connectivity index (χ0) is 14.5. The Balaban J connectivity index is 1.93. The Labute approximate surface area is 118 Å². The number of nitrogens with one attached hydrogen (secondary N) is 1. The summed E-state index contributed by atoms with van der Waals surface area (Å²) >= 11 is 0. The molecule has 0 fully saturated rings. The first-order chi connectivity index (χ1) is 9.59. The molecule has 0 saturated heterocycles. The summed E-state index contributed by atoms with van der Waals surface area (Å²) < 4.78 is 2.10. The number of hydrogen-bond donors (Lipinski definition) is 2. The molecule has 5 heteroatoms. The van der Waals surface area contributed by atoms with E-state index in [2.05, 4.69) is 14.9 Å². The van der Waals surface area contributed by atoms with Crippen molar-refractivity contribution >= 4 is 11.6 Å². The number of hydrogen-bond acceptors (Lipinski definition) is 3. The summed E-state index contributed by atoms with van der Waals surface area (Å²) in [6.45, 7) is 5.55. The van der Waals surface area contributed by atoms with Crippen LogP contribution in [0.3, 0.4) is 0 Å². The van der Waals surface area contributed by atoms with Crippen molar-refractivity contribution in [1.82, 2.24) is 9.55 Å². The average Bonchev–Trinajstić information content (AvgIpc) is 2.80. The van der Waals surface area contributed by atoms with Crippen LogP contribution in [0, 0.1) is 13.8 Å². The summed E-state index contributed by atoms with van der Waals surface area (Å²) in [7, 11) is 0. The van der Waals surface area contributed by atoms with E-state index in [1.54, 1.807) is 6.20 Å². The molecule has 1 heterocycles. The first-order valence-corrected chi connectivity index (χ1v) is 6.70. The SMILES string of the molecule is Cc1cccc(NCCCn2ccnc2C)c1C(N)=O. The molecule has 5 nitrogen and oxygen atoms in total. The summed E-state index contributed by atoms with van der Waals surface area (Å²) in [5, 5.41) is 3.28. The summed E-state index contributed by atoms with van der Waals surface area (Å²) in [5.74, 6) is 0.620. The lowest BCUT2D eigenvalue weighted by molar-refractivity contribution is 0.100. The minimum Gasteiger partial charge on any atom is -0.384 e. The van der Waals surface area contributed by atoms with Gasteiger partial charge in [0.25, 0.3) is 5.91 Å². The Morgan fingerprint density at radius 2 is 2.20 bits per heavy atom. The zero-order valence-electron chi connectivity index (χ0n) is 11.9. The van der Waals surface area contributed by atoms with Gasteiger partial charge in [-0.05, 0) is 31.9 Å². The van der Waals surface area contributed by atoms with E-state index >= 15 is 0 Å². The second-order valence-corrected chi connectivity index (χ2v) is 4.81. The van der Waals surface area contributed by atoms with Gasteiger partial charge in [0.15, 0.2) is 0 Å². The molecule has 3 N–H and O–H groups in total. The molecule has 0 aliphatic heterocycles. The summed E-state index contributed by atoms with van der Waals surface area (Å²) in [5.41, 5.74) is 7.70. The van der Waals surface area contributed by atoms with Crippen LogP contribution in [0.4, 0.5) is 5.69 Å². The number of rotatable bonds is 6. The largest absolute Gasteiger partial charge is 0.384 e. The van der Waals surface area contributed by atoms with Crippen molar-refractivity contribution in [2.75, 3.05) is 11.9 Å². The van der Waals surface area contributed by atoms with Gasteiger partial charge in [-0.2, -0.15) is 0 Å². The number of imidazole rings is 1. The smallest absolute Gasteiger partial charge is 0.251 e. The average molecular weight is 272 g/mol. The van der Waals surface area contributed by atoms with E-state index in [9.17, 15) is 4.79 Å². The predicted molar refractivity (Wildman–Crippen MR) is 79.8 cm³/mol. The van der Waals surface area contributed by atoms with E-state index in [1.165, 1.54) is 0 Å². The minimum absolute atomic E-state index is 0.393. The Bertz CT molecular complexity index is 604. The van der Waals surface area contributed by atoms with Crippen LogP contribution >= 0.6 is 0 Å². The van der Waals surface area contributed by atoms with E-state index < -0.39 is 5.91 Å². The number of nitrogens with zero attached hydrogens (tertiary/aromatic N) is 2. The predicted octanol–water partition coefficient (Wildman–Crippen LogP) is 2.10. The van der Waals surface area contributed by atoms with Crippen molar-refractivity contribution < 1.29 is 4.79 Å². The number of aryl methyl sites for hydroxylation is 3. The van der Waals surface area contributed by atoms with Gasteiger partial charge in [0, 0.05) is 31.2 Å². The highest BCUT2D eigenvalue weighted by molar-refractivity contribution is 5.99. The number of nitrogens with two attached hydrogens (primary N) is 1. The topological polar surface area (TPSA) is 72.9 Å². The molecule has 1 aromatic carbocycles. The highest BCUT2D eigenvalue weighted by Gasteiger charge is 2.10. The molecule has 0 atom stereocenters. The molecule has 0 unspecified atom stereocenters. The molecular formula is C15H20N4O. The Kier molecular flexibility index (Phi) is 4.40. The van der Waals surface area contributed by atoms with Crippen molar-refractivity contribution in [3.63, 3.8) is 0 Å². The number of carbonyl (C=O) groups is 1. The molecule has 0 spiro atoms. The van der Waals surface area contributed by atoms with Crippen molar-refractivity contribution in [3.8, 4) is 0 Å². The Hall–Kier alpha value is -2.30. The van der Waals surface area contributed by atoms with Gasteiger partial charge in [0.05, 0.1) is 5.56 Å². The van der Waals surface area contributed by atoms with E-state index in [1.807, 2.05) is 38.2 Å². The lowest BCUT2D eigenvalue weighted by atomic mass is 10.1. The van der Waals surface area contributed by atoms with Crippen molar-refractivity contribution in [3.05, 3.63) is 47.5 Å². The molecular weight excluding hydrogens is 252 g/mol. The van der Waals surface area contributed by atoms with Crippen LogP contribution in [0.2, 0.25) is 0 Å². The summed E-state index contributed by atoms with van der Waals surface area (Å²) in [6, 6.07) is 5.69. The molecule has 1 aromatic heterocycles. The molecule has 20 heavy (non-hydrogen) atoms. The standard InChI is InChI=1S/C15H20N4O/c1-11-5-3-6-13(14(11)15(16)20)18-7-4-9-19-10-8-17-12(19)2/h3,5-6,8,10,18H,4,7,9H2,1-2H3,(H2,16,20). The van der Waals surface area contributed by atoms with Gasteiger partial charge in [-0.25, -0.2) is 4.98 Å². The number of amides is 1. The first kappa shape index (κ1) is 14.1. The van der Waals surface area contributed by atoms with Gasteiger partial charge >= 0.3 is 0 Å². The minimum atomic E-state index is -0.393. The maximum atomic E-state index is 11.5. The van der Waals surface area contributed by atoms with E-state index in [4.69, 9.17) is 5.73 Å².